The minimum Gasteiger partial charge on any atom is -0.457 e. The fourth-order valence-electron chi connectivity index (χ4n) is 2.28. The number of ether oxygens (including phenoxy) is 1. The summed E-state index contributed by atoms with van der Waals surface area (Å²) in [6, 6.07) is 18.9. The predicted octanol–water partition coefficient (Wildman–Crippen LogP) is 4.34. The van der Waals surface area contributed by atoms with Crippen molar-refractivity contribution in [1.82, 2.24) is 4.98 Å². The van der Waals surface area contributed by atoms with E-state index in [9.17, 15) is 9.59 Å². The first-order valence-corrected chi connectivity index (χ1v) is 8.24. The molecule has 5 nitrogen and oxygen atoms in total. The van der Waals surface area contributed by atoms with Crippen molar-refractivity contribution in [2.45, 2.75) is 6.61 Å². The predicted molar refractivity (Wildman–Crippen MR) is 99.2 cm³/mol. The lowest BCUT2D eigenvalue weighted by molar-refractivity contribution is 0.0474. The number of anilines is 1. The molecular weight excluding hydrogens is 352 g/mol. The quantitative estimate of drug-likeness (QED) is 0.682. The van der Waals surface area contributed by atoms with Crippen LogP contribution in [0.3, 0.4) is 0 Å². The van der Waals surface area contributed by atoms with Gasteiger partial charge in [-0.05, 0) is 35.9 Å². The van der Waals surface area contributed by atoms with E-state index in [1.165, 1.54) is 18.3 Å². The molecule has 6 heteroatoms. The second-order valence-electron chi connectivity index (χ2n) is 5.42. The Hall–Kier alpha value is -3.18. The van der Waals surface area contributed by atoms with E-state index >= 15 is 0 Å². The molecule has 130 valence electrons. The Morgan fingerprint density at radius 3 is 2.50 bits per heavy atom. The van der Waals surface area contributed by atoms with Gasteiger partial charge in [0, 0.05) is 11.2 Å². The number of nitrogens with one attached hydrogen (secondary N) is 1. The van der Waals surface area contributed by atoms with Crippen LogP contribution in [0.15, 0.2) is 72.9 Å². The van der Waals surface area contributed by atoms with Crippen LogP contribution >= 0.6 is 11.6 Å². The highest BCUT2D eigenvalue weighted by Crippen LogP contribution is 2.23. The Kier molecular flexibility index (Phi) is 5.61. The molecule has 0 saturated heterocycles. The molecule has 0 spiro atoms. The van der Waals surface area contributed by atoms with Crippen molar-refractivity contribution in [3.05, 3.63) is 94.8 Å². The van der Waals surface area contributed by atoms with Crippen molar-refractivity contribution in [2.75, 3.05) is 5.32 Å². The molecule has 0 bridgehead atoms. The van der Waals surface area contributed by atoms with Gasteiger partial charge in [0.2, 0.25) is 0 Å². The molecule has 0 aliphatic heterocycles. The normalized spacial score (nSPS) is 10.2. The Balaban J connectivity index is 1.77. The van der Waals surface area contributed by atoms with Gasteiger partial charge in [-0.2, -0.15) is 0 Å². The number of amides is 1. The summed E-state index contributed by atoms with van der Waals surface area (Å²) in [5.41, 5.74) is 1.59. The second kappa shape index (κ2) is 8.27. The first kappa shape index (κ1) is 17.6. The maximum absolute atomic E-state index is 12.4. The van der Waals surface area contributed by atoms with Gasteiger partial charge in [-0.25, -0.2) is 4.79 Å². The lowest BCUT2D eigenvalue weighted by atomic mass is 10.1. The van der Waals surface area contributed by atoms with Gasteiger partial charge in [0.15, 0.2) is 0 Å². The molecule has 0 fully saturated rings. The third kappa shape index (κ3) is 4.46. The summed E-state index contributed by atoms with van der Waals surface area (Å²) in [7, 11) is 0. The monoisotopic (exact) mass is 366 g/mol. The number of aromatic nitrogens is 1. The van der Waals surface area contributed by atoms with Crippen LogP contribution in [0.5, 0.6) is 0 Å². The molecule has 0 atom stereocenters. The molecule has 3 aromatic rings. The molecular formula is C20H15ClN2O3. The zero-order valence-electron chi connectivity index (χ0n) is 13.7. The number of halogens is 1. The average Bonchev–Trinajstić information content (AvgIpc) is 2.68. The molecule has 1 aromatic heterocycles. The van der Waals surface area contributed by atoms with Gasteiger partial charge in [0.25, 0.3) is 5.91 Å². The standard InChI is InChI=1S/C20H15ClN2O3/c21-15-9-10-16(20(25)26-13-14-6-2-1-3-7-14)18(12-15)23-19(24)17-8-4-5-11-22-17/h1-12H,13H2,(H,23,24). The molecule has 1 amide bonds. The Morgan fingerprint density at radius 2 is 1.77 bits per heavy atom. The SMILES string of the molecule is O=C(Nc1cc(Cl)ccc1C(=O)OCc1ccccc1)c1ccccn1. The minimum atomic E-state index is -0.554. The van der Waals surface area contributed by atoms with Gasteiger partial charge in [-0.1, -0.05) is 48.0 Å². The number of carbonyl (C=O) groups is 2. The van der Waals surface area contributed by atoms with E-state index in [1.807, 2.05) is 30.3 Å². The zero-order chi connectivity index (χ0) is 18.4. The van der Waals surface area contributed by atoms with E-state index in [-0.39, 0.29) is 23.6 Å². The highest BCUT2D eigenvalue weighted by molar-refractivity contribution is 6.31. The van der Waals surface area contributed by atoms with E-state index in [0.717, 1.165) is 5.56 Å². The summed E-state index contributed by atoms with van der Waals surface area (Å²) in [5, 5.41) is 3.05. The number of benzene rings is 2. The molecule has 2 aromatic carbocycles. The molecule has 0 aliphatic rings. The largest absolute Gasteiger partial charge is 0.457 e. The van der Waals surface area contributed by atoms with Gasteiger partial charge < -0.3 is 10.1 Å². The summed E-state index contributed by atoms with van der Waals surface area (Å²) in [6.45, 7) is 0.135. The molecule has 3 rings (SSSR count). The van der Waals surface area contributed by atoms with E-state index in [4.69, 9.17) is 16.3 Å². The van der Waals surface area contributed by atoms with Crippen molar-refractivity contribution in [3.63, 3.8) is 0 Å². The average molecular weight is 367 g/mol. The van der Waals surface area contributed by atoms with Crippen molar-refractivity contribution in [1.29, 1.82) is 0 Å². The number of nitrogens with zero attached hydrogens (tertiary/aromatic N) is 1. The molecule has 1 heterocycles. The van der Waals surface area contributed by atoms with Crippen molar-refractivity contribution in [2.24, 2.45) is 0 Å². The van der Waals surface area contributed by atoms with Crippen LogP contribution in [-0.2, 0) is 11.3 Å². The number of hydrogen-bond donors (Lipinski definition) is 1. The highest BCUT2D eigenvalue weighted by atomic mass is 35.5. The van der Waals surface area contributed by atoms with Crippen LogP contribution in [0.4, 0.5) is 5.69 Å². The Morgan fingerprint density at radius 1 is 1.00 bits per heavy atom. The number of rotatable bonds is 5. The maximum atomic E-state index is 12.4. The first-order chi connectivity index (χ1) is 12.6. The number of carbonyl (C=O) groups excluding carboxylic acids is 2. The summed E-state index contributed by atoms with van der Waals surface area (Å²) in [6.07, 6.45) is 1.52. The van der Waals surface area contributed by atoms with Crippen LogP contribution in [0.1, 0.15) is 26.4 Å². The molecule has 0 unspecified atom stereocenters. The number of esters is 1. The van der Waals surface area contributed by atoms with E-state index in [1.54, 1.807) is 24.3 Å². The van der Waals surface area contributed by atoms with E-state index in [2.05, 4.69) is 10.3 Å². The van der Waals surface area contributed by atoms with Crippen LogP contribution in [0.2, 0.25) is 5.02 Å². The zero-order valence-corrected chi connectivity index (χ0v) is 14.4. The van der Waals surface area contributed by atoms with E-state index < -0.39 is 11.9 Å². The summed E-state index contributed by atoms with van der Waals surface area (Å²) in [5.74, 6) is -0.994. The van der Waals surface area contributed by atoms with Gasteiger partial charge in [-0.3, -0.25) is 9.78 Å². The summed E-state index contributed by atoms with van der Waals surface area (Å²) in [4.78, 5) is 28.7. The van der Waals surface area contributed by atoms with Gasteiger partial charge in [0.1, 0.15) is 12.3 Å². The van der Waals surface area contributed by atoms with Crippen LogP contribution < -0.4 is 5.32 Å². The molecule has 0 radical (unpaired) electrons. The lowest BCUT2D eigenvalue weighted by Gasteiger charge is -2.11. The van der Waals surface area contributed by atoms with Gasteiger partial charge in [0.05, 0.1) is 11.3 Å². The lowest BCUT2D eigenvalue weighted by Crippen LogP contribution is -2.17. The maximum Gasteiger partial charge on any atom is 0.340 e. The van der Waals surface area contributed by atoms with Crippen LogP contribution in [-0.4, -0.2) is 16.9 Å². The summed E-state index contributed by atoms with van der Waals surface area (Å²) < 4.78 is 5.33. The first-order valence-electron chi connectivity index (χ1n) is 7.86. The van der Waals surface area contributed by atoms with Gasteiger partial charge >= 0.3 is 5.97 Å². The van der Waals surface area contributed by atoms with Crippen molar-refractivity contribution in [3.8, 4) is 0 Å². The second-order valence-corrected chi connectivity index (χ2v) is 5.86. The number of pyridine rings is 1. The van der Waals surface area contributed by atoms with Crippen molar-refractivity contribution >= 4 is 29.2 Å². The van der Waals surface area contributed by atoms with Crippen LogP contribution in [0.25, 0.3) is 0 Å². The minimum absolute atomic E-state index is 0.135. The molecule has 0 saturated carbocycles. The third-order valence-corrected chi connectivity index (χ3v) is 3.80. The van der Waals surface area contributed by atoms with Gasteiger partial charge in [-0.15, -0.1) is 0 Å². The summed E-state index contributed by atoms with van der Waals surface area (Å²) >= 11 is 6.00. The fraction of sp³-hybridized carbons (Fsp3) is 0.0500. The molecule has 0 aliphatic carbocycles. The fourth-order valence-corrected chi connectivity index (χ4v) is 2.45. The number of hydrogen-bond acceptors (Lipinski definition) is 4. The van der Waals surface area contributed by atoms with E-state index in [0.29, 0.717) is 5.02 Å². The molecule has 1 N–H and O–H groups in total. The highest BCUT2D eigenvalue weighted by Gasteiger charge is 2.17. The topological polar surface area (TPSA) is 68.3 Å². The van der Waals surface area contributed by atoms with Crippen molar-refractivity contribution < 1.29 is 14.3 Å². The smallest absolute Gasteiger partial charge is 0.340 e. The third-order valence-electron chi connectivity index (χ3n) is 3.56. The van der Waals surface area contributed by atoms with Crippen LogP contribution in [0, 0.1) is 0 Å². The Labute approximate surface area is 155 Å². The molecule has 26 heavy (non-hydrogen) atoms. The Bertz CT molecular complexity index is 915.